The number of carbonyl (C=O) groups excluding carboxylic acids is 1. The summed E-state index contributed by atoms with van der Waals surface area (Å²) >= 11 is 9.32. The zero-order valence-electron chi connectivity index (χ0n) is 10.2. The van der Waals surface area contributed by atoms with Crippen LogP contribution in [-0.2, 0) is 0 Å². The minimum Gasteiger partial charge on any atom is -0.397 e. The number of thioether (sulfide) groups is 1. The molecule has 0 unspecified atom stereocenters. The van der Waals surface area contributed by atoms with Gasteiger partial charge < -0.3 is 10.6 Å². The quantitative estimate of drug-likeness (QED) is 0.878. The highest BCUT2D eigenvalue weighted by Gasteiger charge is 2.23. The number of rotatable bonds is 1. The predicted molar refractivity (Wildman–Crippen MR) is 84.5 cm³/mol. The van der Waals surface area contributed by atoms with E-state index in [4.69, 9.17) is 17.3 Å². The van der Waals surface area contributed by atoms with Crippen molar-refractivity contribution in [2.24, 2.45) is 0 Å². The van der Waals surface area contributed by atoms with Crippen molar-refractivity contribution in [1.82, 2.24) is 4.90 Å². The highest BCUT2D eigenvalue weighted by Crippen LogP contribution is 2.36. The van der Waals surface area contributed by atoms with Crippen molar-refractivity contribution in [3.63, 3.8) is 0 Å². The molecule has 6 heteroatoms. The number of halogens is 1. The molecule has 1 aliphatic heterocycles. The first kappa shape index (κ1) is 13.1. The van der Waals surface area contributed by atoms with Crippen molar-refractivity contribution in [3.8, 4) is 0 Å². The van der Waals surface area contributed by atoms with Crippen LogP contribution in [0, 0.1) is 0 Å². The number of amides is 1. The van der Waals surface area contributed by atoms with Crippen LogP contribution in [-0.4, -0.2) is 35.4 Å². The fourth-order valence-electron chi connectivity index (χ4n) is 2.16. The first-order valence-corrected chi connectivity index (χ1v) is 8.36. The molecule has 0 aliphatic carbocycles. The van der Waals surface area contributed by atoms with E-state index in [1.807, 2.05) is 34.9 Å². The molecule has 1 aromatic carbocycles. The van der Waals surface area contributed by atoms with E-state index in [1.165, 1.54) is 11.3 Å². The maximum atomic E-state index is 12.5. The topological polar surface area (TPSA) is 46.3 Å². The molecular formula is C13H13ClN2OS2. The minimum absolute atomic E-state index is 0.0510. The van der Waals surface area contributed by atoms with Gasteiger partial charge in [0.2, 0.25) is 0 Å². The van der Waals surface area contributed by atoms with E-state index in [1.54, 1.807) is 0 Å². The number of thiophene rings is 1. The summed E-state index contributed by atoms with van der Waals surface area (Å²) in [5.41, 5.74) is 6.68. The van der Waals surface area contributed by atoms with Crippen molar-refractivity contribution in [2.75, 3.05) is 30.3 Å². The molecule has 1 aromatic heterocycles. The molecule has 3 rings (SSSR count). The third-order valence-electron chi connectivity index (χ3n) is 3.18. The monoisotopic (exact) mass is 312 g/mol. The van der Waals surface area contributed by atoms with Gasteiger partial charge in [0, 0.05) is 39.7 Å². The summed E-state index contributed by atoms with van der Waals surface area (Å²) in [4.78, 5) is 15.0. The van der Waals surface area contributed by atoms with E-state index in [9.17, 15) is 4.79 Å². The van der Waals surface area contributed by atoms with Gasteiger partial charge in [-0.15, -0.1) is 11.3 Å². The lowest BCUT2D eigenvalue weighted by molar-refractivity contribution is 0.0778. The molecule has 1 saturated heterocycles. The van der Waals surface area contributed by atoms with Gasteiger partial charge in [0.25, 0.3) is 5.91 Å². The lowest BCUT2D eigenvalue weighted by Gasteiger charge is -2.26. The zero-order valence-corrected chi connectivity index (χ0v) is 12.6. The number of nitrogens with two attached hydrogens (primary N) is 1. The van der Waals surface area contributed by atoms with E-state index in [0.29, 0.717) is 15.6 Å². The highest BCUT2D eigenvalue weighted by atomic mass is 35.5. The fraction of sp³-hybridized carbons (Fsp3) is 0.308. The van der Waals surface area contributed by atoms with Crippen molar-refractivity contribution >= 4 is 56.4 Å². The normalized spacial score (nSPS) is 15.9. The van der Waals surface area contributed by atoms with E-state index >= 15 is 0 Å². The molecule has 1 fully saturated rings. The molecule has 0 bridgehead atoms. The average molecular weight is 313 g/mol. The number of nitrogens with zero attached hydrogens (tertiary/aromatic N) is 1. The lowest BCUT2D eigenvalue weighted by Crippen LogP contribution is -2.37. The molecule has 0 radical (unpaired) electrons. The van der Waals surface area contributed by atoms with Crippen molar-refractivity contribution < 1.29 is 4.79 Å². The molecule has 19 heavy (non-hydrogen) atoms. The van der Waals surface area contributed by atoms with Crippen LogP contribution >= 0.6 is 34.7 Å². The van der Waals surface area contributed by atoms with Gasteiger partial charge in [-0.2, -0.15) is 11.8 Å². The van der Waals surface area contributed by atoms with Gasteiger partial charge in [-0.1, -0.05) is 11.6 Å². The Bertz CT molecular complexity index is 635. The highest BCUT2D eigenvalue weighted by molar-refractivity contribution is 7.99. The zero-order chi connectivity index (χ0) is 13.4. The Hall–Kier alpha value is -0.910. The first-order chi connectivity index (χ1) is 9.16. The predicted octanol–water partition coefficient (Wildman–Crippen LogP) is 3.33. The number of nitrogen functional groups attached to an aromatic ring is 1. The second-order valence-electron chi connectivity index (χ2n) is 4.39. The van der Waals surface area contributed by atoms with E-state index < -0.39 is 0 Å². The summed E-state index contributed by atoms with van der Waals surface area (Å²) in [6, 6.07) is 5.57. The van der Waals surface area contributed by atoms with Crippen LogP contribution in [0.4, 0.5) is 5.69 Å². The molecule has 0 atom stereocenters. The number of carbonyl (C=O) groups is 1. The molecule has 0 saturated carbocycles. The Balaban J connectivity index is 2.00. The van der Waals surface area contributed by atoms with Crippen LogP contribution in [0.2, 0.25) is 5.02 Å². The summed E-state index contributed by atoms with van der Waals surface area (Å²) < 4.78 is 1.01. The summed E-state index contributed by atoms with van der Waals surface area (Å²) in [5.74, 6) is 2.06. The summed E-state index contributed by atoms with van der Waals surface area (Å²) in [5, 5.41) is 1.53. The van der Waals surface area contributed by atoms with Crippen molar-refractivity contribution in [2.45, 2.75) is 0 Å². The van der Waals surface area contributed by atoms with Gasteiger partial charge in [0.15, 0.2) is 0 Å². The maximum absolute atomic E-state index is 12.5. The number of fused-ring (bicyclic) bond motifs is 1. The number of benzene rings is 1. The van der Waals surface area contributed by atoms with Crippen LogP contribution in [0.1, 0.15) is 9.67 Å². The van der Waals surface area contributed by atoms with Crippen LogP contribution in [0.25, 0.3) is 10.1 Å². The van der Waals surface area contributed by atoms with Crippen LogP contribution < -0.4 is 5.73 Å². The Kier molecular flexibility index (Phi) is 3.60. The molecule has 2 N–H and O–H groups in total. The Morgan fingerprint density at radius 2 is 2.05 bits per heavy atom. The number of anilines is 1. The van der Waals surface area contributed by atoms with Crippen LogP contribution in [0.3, 0.4) is 0 Å². The van der Waals surface area contributed by atoms with Gasteiger partial charge in [-0.25, -0.2) is 0 Å². The maximum Gasteiger partial charge on any atom is 0.266 e. The largest absolute Gasteiger partial charge is 0.397 e. The molecule has 2 heterocycles. The first-order valence-electron chi connectivity index (χ1n) is 6.01. The average Bonchev–Trinajstić information content (AvgIpc) is 2.76. The van der Waals surface area contributed by atoms with Crippen LogP contribution in [0.15, 0.2) is 18.2 Å². The van der Waals surface area contributed by atoms with Gasteiger partial charge >= 0.3 is 0 Å². The Morgan fingerprint density at radius 3 is 2.79 bits per heavy atom. The molecule has 0 spiro atoms. The van der Waals surface area contributed by atoms with Crippen LogP contribution in [0.5, 0.6) is 0 Å². The summed E-state index contributed by atoms with van der Waals surface area (Å²) in [6.07, 6.45) is 0. The van der Waals surface area contributed by atoms with Crippen molar-refractivity contribution in [3.05, 3.63) is 28.1 Å². The second kappa shape index (κ2) is 5.23. The second-order valence-corrected chi connectivity index (χ2v) is 7.10. The smallest absolute Gasteiger partial charge is 0.266 e. The fourth-order valence-corrected chi connectivity index (χ4v) is 4.30. The Morgan fingerprint density at radius 1 is 1.32 bits per heavy atom. The summed E-state index contributed by atoms with van der Waals surface area (Å²) in [6.45, 7) is 1.61. The number of hydrogen-bond donors (Lipinski definition) is 1. The molecular weight excluding hydrogens is 300 g/mol. The lowest BCUT2D eigenvalue weighted by atomic mass is 10.2. The van der Waals surface area contributed by atoms with E-state index in [2.05, 4.69) is 0 Å². The molecule has 1 aliphatic rings. The molecule has 2 aromatic rings. The van der Waals surface area contributed by atoms with Gasteiger partial charge in [-0.3, -0.25) is 4.79 Å². The van der Waals surface area contributed by atoms with Crippen molar-refractivity contribution in [1.29, 1.82) is 0 Å². The Labute approximate surface area is 124 Å². The van der Waals surface area contributed by atoms with Gasteiger partial charge in [-0.05, 0) is 18.2 Å². The summed E-state index contributed by atoms with van der Waals surface area (Å²) in [7, 11) is 0. The van der Waals surface area contributed by atoms with Gasteiger partial charge in [0.05, 0.1) is 5.69 Å². The third-order valence-corrected chi connectivity index (χ3v) is 5.53. The SMILES string of the molecule is Nc1c(C(=O)N2CCSCC2)sc2ccc(Cl)cc12. The van der Waals surface area contributed by atoms with E-state index in [-0.39, 0.29) is 5.91 Å². The molecule has 100 valence electrons. The standard InChI is InChI=1S/C13H13ClN2OS2/c14-8-1-2-10-9(7-8)11(15)12(19-10)13(17)16-3-5-18-6-4-16/h1-2,7H,3-6,15H2. The molecule has 3 nitrogen and oxygen atoms in total. The minimum atomic E-state index is 0.0510. The van der Waals surface area contributed by atoms with Gasteiger partial charge in [0.1, 0.15) is 4.88 Å². The van der Waals surface area contributed by atoms with E-state index in [0.717, 1.165) is 34.7 Å². The molecule has 1 amide bonds. The number of hydrogen-bond acceptors (Lipinski definition) is 4. The third kappa shape index (κ3) is 2.42.